The molecule has 0 heterocycles. The highest BCUT2D eigenvalue weighted by Crippen LogP contribution is 2.30. The highest BCUT2D eigenvalue weighted by molar-refractivity contribution is 4.91. The van der Waals surface area contributed by atoms with E-state index in [1.165, 1.54) is 0 Å². The minimum absolute atomic E-state index is 0.0198. The smallest absolute Gasteiger partial charge is 0.0797 e. The Morgan fingerprint density at radius 3 is 2.20 bits per heavy atom. The first-order chi connectivity index (χ1) is 6.89. The Balaban J connectivity index is 3.96. The van der Waals surface area contributed by atoms with Gasteiger partial charge in [-0.1, -0.05) is 26.3 Å². The Labute approximate surface area is 94.0 Å². The summed E-state index contributed by atoms with van der Waals surface area (Å²) in [5.41, 5.74) is -0.741. The van der Waals surface area contributed by atoms with Crippen LogP contribution in [0.1, 0.15) is 52.9 Å². The molecule has 2 unspecified atom stereocenters. The third-order valence-corrected chi connectivity index (χ3v) is 3.14. The Kier molecular flexibility index (Phi) is 6.15. The summed E-state index contributed by atoms with van der Waals surface area (Å²) in [6, 6.07) is 0. The number of hydrogen-bond donors (Lipinski definition) is 2. The fraction of sp³-hybridized carbons (Fsp3) is 0.846. The summed E-state index contributed by atoms with van der Waals surface area (Å²) >= 11 is 0. The molecule has 0 aliphatic carbocycles. The van der Waals surface area contributed by atoms with Crippen LogP contribution in [0.3, 0.4) is 0 Å². The van der Waals surface area contributed by atoms with Crippen molar-refractivity contribution in [2.75, 3.05) is 6.61 Å². The minimum Gasteiger partial charge on any atom is -0.396 e. The summed E-state index contributed by atoms with van der Waals surface area (Å²) in [5.74, 6) is 0. The van der Waals surface area contributed by atoms with E-state index < -0.39 is 5.60 Å². The molecule has 0 aromatic heterocycles. The third-order valence-electron chi connectivity index (χ3n) is 3.14. The molecule has 0 aliphatic rings. The van der Waals surface area contributed by atoms with Gasteiger partial charge in [-0.25, -0.2) is 0 Å². The van der Waals surface area contributed by atoms with E-state index in [1.54, 1.807) is 13.0 Å². The summed E-state index contributed by atoms with van der Waals surface area (Å²) in [6.07, 6.45) is 6.32. The van der Waals surface area contributed by atoms with Crippen molar-refractivity contribution in [3.05, 3.63) is 12.7 Å². The summed E-state index contributed by atoms with van der Waals surface area (Å²) < 4.78 is 0. The predicted molar refractivity (Wildman–Crippen MR) is 64.8 cm³/mol. The molecule has 0 saturated carbocycles. The standard InChI is InChI=1S/C13H26O2/c1-5-8-12(3,11-14)9-7-10-13(4,15)6-2/h6,14-15H,2,5,7-11H2,1,3-4H3. The number of aliphatic hydroxyl groups is 2. The topological polar surface area (TPSA) is 40.5 Å². The lowest BCUT2D eigenvalue weighted by Crippen LogP contribution is -2.24. The monoisotopic (exact) mass is 214 g/mol. The SMILES string of the molecule is C=CC(C)(O)CCCC(C)(CO)CCC. The fourth-order valence-corrected chi connectivity index (χ4v) is 1.86. The van der Waals surface area contributed by atoms with Crippen molar-refractivity contribution in [2.45, 2.75) is 58.5 Å². The quantitative estimate of drug-likeness (QED) is 0.610. The van der Waals surface area contributed by atoms with Crippen molar-refractivity contribution >= 4 is 0 Å². The molecule has 2 nitrogen and oxygen atoms in total. The van der Waals surface area contributed by atoms with E-state index in [1.807, 2.05) is 0 Å². The summed E-state index contributed by atoms with van der Waals surface area (Å²) in [5, 5.41) is 19.1. The number of aliphatic hydroxyl groups excluding tert-OH is 1. The lowest BCUT2D eigenvalue weighted by molar-refractivity contribution is 0.0800. The van der Waals surface area contributed by atoms with Crippen molar-refractivity contribution in [2.24, 2.45) is 5.41 Å². The van der Waals surface area contributed by atoms with E-state index in [4.69, 9.17) is 0 Å². The summed E-state index contributed by atoms with van der Waals surface area (Å²) in [6.45, 7) is 9.85. The van der Waals surface area contributed by atoms with Crippen LogP contribution >= 0.6 is 0 Å². The largest absolute Gasteiger partial charge is 0.396 e. The van der Waals surface area contributed by atoms with Gasteiger partial charge < -0.3 is 10.2 Å². The first-order valence-corrected chi connectivity index (χ1v) is 5.86. The van der Waals surface area contributed by atoms with Gasteiger partial charge in [0, 0.05) is 6.61 Å². The normalized spacial score (nSPS) is 19.3. The first kappa shape index (κ1) is 14.7. The molecule has 15 heavy (non-hydrogen) atoms. The van der Waals surface area contributed by atoms with Crippen molar-refractivity contribution < 1.29 is 10.2 Å². The van der Waals surface area contributed by atoms with Crippen molar-refractivity contribution in [1.29, 1.82) is 0 Å². The van der Waals surface area contributed by atoms with Gasteiger partial charge >= 0.3 is 0 Å². The molecule has 0 bridgehead atoms. The van der Waals surface area contributed by atoms with E-state index in [2.05, 4.69) is 20.4 Å². The van der Waals surface area contributed by atoms with Crippen molar-refractivity contribution in [3.8, 4) is 0 Å². The Hall–Kier alpha value is -0.340. The average molecular weight is 214 g/mol. The zero-order valence-corrected chi connectivity index (χ0v) is 10.4. The van der Waals surface area contributed by atoms with Gasteiger partial charge in [-0.15, -0.1) is 6.58 Å². The Morgan fingerprint density at radius 1 is 1.20 bits per heavy atom. The molecule has 0 saturated heterocycles. The van der Waals surface area contributed by atoms with Gasteiger partial charge in [-0.2, -0.15) is 0 Å². The molecule has 0 aliphatic heterocycles. The fourth-order valence-electron chi connectivity index (χ4n) is 1.86. The maximum atomic E-state index is 9.74. The number of rotatable bonds is 8. The van der Waals surface area contributed by atoms with Crippen LogP contribution in [0.4, 0.5) is 0 Å². The molecule has 0 fully saturated rings. The second-order valence-electron chi connectivity index (χ2n) is 5.13. The molecule has 90 valence electrons. The molecule has 2 atom stereocenters. The van der Waals surface area contributed by atoms with E-state index >= 15 is 0 Å². The van der Waals surface area contributed by atoms with Gasteiger partial charge in [0.2, 0.25) is 0 Å². The van der Waals surface area contributed by atoms with Crippen LogP contribution in [-0.2, 0) is 0 Å². The predicted octanol–water partition coefficient (Wildman–Crippen LogP) is 2.89. The van der Waals surface area contributed by atoms with Crippen LogP contribution in [0, 0.1) is 5.41 Å². The average Bonchev–Trinajstić information content (AvgIpc) is 2.18. The van der Waals surface area contributed by atoms with E-state index in [-0.39, 0.29) is 12.0 Å². The van der Waals surface area contributed by atoms with Gasteiger partial charge in [0.1, 0.15) is 0 Å². The zero-order chi connectivity index (χ0) is 11.9. The molecule has 0 rings (SSSR count). The molecule has 0 amide bonds. The lowest BCUT2D eigenvalue weighted by atomic mass is 9.80. The highest BCUT2D eigenvalue weighted by Gasteiger charge is 2.23. The third kappa shape index (κ3) is 5.95. The van der Waals surface area contributed by atoms with Gasteiger partial charge in [-0.05, 0) is 38.0 Å². The maximum absolute atomic E-state index is 9.74. The molecule has 2 N–H and O–H groups in total. The summed E-state index contributed by atoms with van der Waals surface area (Å²) in [4.78, 5) is 0. The van der Waals surface area contributed by atoms with Gasteiger partial charge in [0.25, 0.3) is 0 Å². The molecular weight excluding hydrogens is 188 g/mol. The van der Waals surface area contributed by atoms with Crippen LogP contribution < -0.4 is 0 Å². The minimum atomic E-state index is -0.761. The lowest BCUT2D eigenvalue weighted by Gasteiger charge is -2.28. The van der Waals surface area contributed by atoms with Gasteiger partial charge in [-0.3, -0.25) is 0 Å². The van der Waals surface area contributed by atoms with Crippen LogP contribution in [-0.4, -0.2) is 22.4 Å². The molecule has 0 aromatic carbocycles. The van der Waals surface area contributed by atoms with Crippen molar-refractivity contribution in [1.82, 2.24) is 0 Å². The second-order valence-corrected chi connectivity index (χ2v) is 5.13. The summed E-state index contributed by atoms with van der Waals surface area (Å²) in [7, 11) is 0. The van der Waals surface area contributed by atoms with Crippen LogP contribution in [0.15, 0.2) is 12.7 Å². The molecule has 0 spiro atoms. The Bertz CT molecular complexity index is 187. The van der Waals surface area contributed by atoms with Crippen LogP contribution in [0.25, 0.3) is 0 Å². The second kappa shape index (κ2) is 6.29. The van der Waals surface area contributed by atoms with Gasteiger partial charge in [0.15, 0.2) is 0 Å². The first-order valence-electron chi connectivity index (χ1n) is 5.86. The highest BCUT2D eigenvalue weighted by atomic mass is 16.3. The number of hydrogen-bond acceptors (Lipinski definition) is 2. The zero-order valence-electron chi connectivity index (χ0n) is 10.4. The van der Waals surface area contributed by atoms with Crippen molar-refractivity contribution in [3.63, 3.8) is 0 Å². The maximum Gasteiger partial charge on any atom is 0.0797 e. The van der Waals surface area contributed by atoms with Crippen LogP contribution in [0.5, 0.6) is 0 Å². The van der Waals surface area contributed by atoms with E-state index in [0.717, 1.165) is 32.1 Å². The molecule has 2 heteroatoms. The van der Waals surface area contributed by atoms with Gasteiger partial charge in [0.05, 0.1) is 5.60 Å². The van der Waals surface area contributed by atoms with Crippen LogP contribution in [0.2, 0.25) is 0 Å². The molecule has 0 aromatic rings. The molecule has 0 radical (unpaired) electrons. The van der Waals surface area contributed by atoms with E-state index in [9.17, 15) is 10.2 Å². The Morgan fingerprint density at radius 2 is 1.80 bits per heavy atom. The molecular formula is C13H26O2. The van der Waals surface area contributed by atoms with E-state index in [0.29, 0.717) is 0 Å².